The van der Waals surface area contributed by atoms with Crippen LogP contribution < -0.4 is 0 Å². The first-order valence-electron chi connectivity index (χ1n) is 11.3. The summed E-state index contributed by atoms with van der Waals surface area (Å²) in [7, 11) is -9.84. The van der Waals surface area contributed by atoms with Crippen LogP contribution in [0.1, 0.15) is 116 Å². The summed E-state index contributed by atoms with van der Waals surface area (Å²) < 4.78 is 16.0. The highest BCUT2D eigenvalue weighted by atomic mass is 31.3. The topological polar surface area (TPSA) is 124 Å². The van der Waals surface area contributed by atoms with Crippen molar-refractivity contribution in [3.8, 4) is 0 Å². The average Bonchev–Trinajstić information content (AvgIpc) is 2.65. The van der Waals surface area contributed by atoms with E-state index in [2.05, 4.69) is 11.4 Å². The molecule has 1 atom stereocenters. The molecule has 0 rings (SSSR count). The summed E-state index contributed by atoms with van der Waals surface area (Å²) in [6.45, 7) is 2.12. The summed E-state index contributed by atoms with van der Waals surface area (Å²) in [6, 6.07) is 0. The van der Waals surface area contributed by atoms with Crippen molar-refractivity contribution in [2.24, 2.45) is 0 Å². The molecular formula is C20H43O7P2+. The van der Waals surface area contributed by atoms with Crippen molar-refractivity contribution >= 4 is 20.8 Å². The largest absolute Gasteiger partial charge is 0.492 e. The maximum Gasteiger partial charge on any atom is 0.492 e. The Morgan fingerprint density at radius 1 is 0.690 bits per heavy atom. The third-order valence-corrected chi connectivity index (χ3v) is 8.11. The zero-order chi connectivity index (χ0) is 22.0. The molecule has 0 bridgehead atoms. The van der Waals surface area contributed by atoms with Gasteiger partial charge in [-0.15, -0.1) is 0 Å². The van der Waals surface area contributed by atoms with Crippen molar-refractivity contribution < 1.29 is 33.5 Å². The average molecular weight is 458 g/mol. The van der Waals surface area contributed by atoms with E-state index < -0.39 is 20.8 Å². The Labute approximate surface area is 177 Å². The molecule has 0 saturated heterocycles. The van der Waals surface area contributed by atoms with Gasteiger partial charge in [-0.2, -0.15) is 14.7 Å². The van der Waals surface area contributed by atoms with E-state index in [1.54, 1.807) is 0 Å². The van der Waals surface area contributed by atoms with Crippen molar-refractivity contribution in [2.45, 2.75) is 116 Å². The zero-order valence-electron chi connectivity index (χ0n) is 18.1. The highest BCUT2D eigenvalue weighted by molar-refractivity contribution is 8.00. The van der Waals surface area contributed by atoms with Crippen LogP contribution in [0.3, 0.4) is 0 Å². The van der Waals surface area contributed by atoms with Crippen LogP contribution in [0.5, 0.6) is 0 Å². The van der Waals surface area contributed by atoms with E-state index in [0.29, 0.717) is 6.42 Å². The van der Waals surface area contributed by atoms with Crippen LogP contribution in [-0.4, -0.2) is 31.4 Å². The summed E-state index contributed by atoms with van der Waals surface area (Å²) in [5.41, 5.74) is 0. The highest BCUT2D eigenvalue weighted by Crippen LogP contribution is 2.62. The number of hydrogen-bond acceptors (Lipinski definition) is 6. The van der Waals surface area contributed by atoms with Gasteiger partial charge in [0.2, 0.25) is 0 Å². The highest BCUT2D eigenvalue weighted by Gasteiger charge is 2.56. The van der Waals surface area contributed by atoms with E-state index in [1.165, 1.54) is 83.5 Å². The molecule has 0 aliphatic rings. The van der Waals surface area contributed by atoms with Gasteiger partial charge in [0.15, 0.2) is 0 Å². The summed E-state index contributed by atoms with van der Waals surface area (Å²) in [6.07, 6.45) is 20.7. The summed E-state index contributed by atoms with van der Waals surface area (Å²) >= 11 is 0. The molecule has 0 aromatic carbocycles. The van der Waals surface area contributed by atoms with Gasteiger partial charge in [-0.3, -0.25) is 0 Å². The first kappa shape index (κ1) is 29.1. The van der Waals surface area contributed by atoms with E-state index in [0.717, 1.165) is 19.3 Å². The molecule has 0 radical (unpaired) electrons. The fourth-order valence-corrected chi connectivity index (χ4v) is 5.26. The molecule has 0 fully saturated rings. The Morgan fingerprint density at radius 2 is 1.00 bits per heavy atom. The second kappa shape index (κ2) is 17.8. The Bertz CT molecular complexity index is 453. The molecule has 9 heteroatoms. The van der Waals surface area contributed by atoms with Crippen molar-refractivity contribution in [1.29, 1.82) is 0 Å². The van der Waals surface area contributed by atoms with Gasteiger partial charge in [0, 0.05) is 0 Å². The van der Waals surface area contributed by atoms with Crippen LogP contribution in [0.4, 0.5) is 4.79 Å². The van der Waals surface area contributed by atoms with Crippen molar-refractivity contribution in [3.63, 3.8) is 0 Å². The third kappa shape index (κ3) is 17.5. The van der Waals surface area contributed by atoms with Crippen LogP contribution >= 0.6 is 15.5 Å². The molecule has 0 aliphatic carbocycles. The van der Waals surface area contributed by atoms with Crippen LogP contribution in [0.25, 0.3) is 0 Å². The van der Waals surface area contributed by atoms with Crippen LogP contribution in [0, 0.1) is 0 Å². The first-order valence-corrected chi connectivity index (χ1v) is 14.5. The van der Waals surface area contributed by atoms with Gasteiger partial charge in [0.1, 0.15) is 0 Å². The fraction of sp³-hybridized carbons (Fsp3) is 0.950. The quantitative estimate of drug-likeness (QED) is 0.112. The molecule has 0 aromatic heterocycles. The molecule has 0 spiro atoms. The smallest absolute Gasteiger partial charge is 0.316 e. The van der Waals surface area contributed by atoms with Gasteiger partial charge in [0.05, 0.1) is 6.61 Å². The van der Waals surface area contributed by atoms with E-state index in [9.17, 15) is 14.3 Å². The zero-order valence-corrected chi connectivity index (χ0v) is 19.9. The Kier molecular flexibility index (Phi) is 17.9. The monoisotopic (exact) mass is 457 g/mol. The Morgan fingerprint density at radius 3 is 1.31 bits per heavy atom. The van der Waals surface area contributed by atoms with Crippen LogP contribution in [0.2, 0.25) is 0 Å². The molecule has 0 heterocycles. The number of unbranched alkanes of at least 4 members (excludes halogenated alkanes) is 16. The molecule has 4 N–H and O–H groups in total. The number of rotatable bonds is 21. The minimum Gasteiger partial charge on any atom is -0.316 e. The van der Waals surface area contributed by atoms with Gasteiger partial charge in [-0.05, 0) is 6.42 Å². The summed E-state index contributed by atoms with van der Waals surface area (Å²) in [5.74, 6) is 0. The second-order valence-electron chi connectivity index (χ2n) is 7.86. The van der Waals surface area contributed by atoms with Gasteiger partial charge < -0.3 is 9.42 Å². The maximum atomic E-state index is 11.5. The van der Waals surface area contributed by atoms with E-state index in [1.807, 2.05) is 0 Å². The lowest BCUT2D eigenvalue weighted by molar-refractivity contribution is 0.229. The van der Waals surface area contributed by atoms with Gasteiger partial charge in [-0.25, -0.2) is 9.36 Å². The maximum absolute atomic E-state index is 11.5. The van der Waals surface area contributed by atoms with Crippen LogP contribution in [0.15, 0.2) is 0 Å². The lowest BCUT2D eigenvalue weighted by atomic mass is 10.0. The summed E-state index contributed by atoms with van der Waals surface area (Å²) in [5, 5.41) is -1.92. The first-order chi connectivity index (χ1) is 13.7. The molecule has 0 aromatic rings. The second-order valence-corrected chi connectivity index (χ2v) is 11.5. The molecule has 1 unspecified atom stereocenters. The molecule has 0 aliphatic heterocycles. The third-order valence-electron chi connectivity index (χ3n) is 5.01. The van der Waals surface area contributed by atoms with Gasteiger partial charge >= 0.3 is 20.8 Å². The van der Waals surface area contributed by atoms with E-state index in [-0.39, 0.29) is 6.61 Å². The molecule has 174 valence electrons. The number of carbonyl (C=O) groups is 1. The van der Waals surface area contributed by atoms with Gasteiger partial charge in [0.25, 0.3) is 0 Å². The van der Waals surface area contributed by atoms with E-state index >= 15 is 0 Å². The van der Waals surface area contributed by atoms with Gasteiger partial charge in [-0.1, -0.05) is 110 Å². The molecule has 0 amide bonds. The number of hydrogen-bond donors (Lipinski definition) is 4. The molecule has 0 saturated carbocycles. The number of carbonyl (C=O) groups excluding carboxylic acids is 1. The SMILES string of the molecule is CCCCCCCCCCCCCCCCCCCOP(=O)(O)C(=O)[P+](O)(O)O. The minimum atomic E-state index is -5.00. The summed E-state index contributed by atoms with van der Waals surface area (Å²) in [4.78, 5) is 46.6. The normalized spacial score (nSPS) is 14.1. The lowest BCUT2D eigenvalue weighted by Crippen LogP contribution is -2.07. The molecule has 29 heavy (non-hydrogen) atoms. The Balaban J connectivity index is 3.34. The standard InChI is InChI=1S/C20H42O7P2/c1-2-3-4-5-6-7-8-9-10-11-12-13-14-15-16-17-18-19-27-29(25,26)20(21)28(22,23)24/h22-24H,2-19H2,1H3/p+1. The van der Waals surface area contributed by atoms with Crippen molar-refractivity contribution in [2.75, 3.05) is 6.61 Å². The van der Waals surface area contributed by atoms with Crippen molar-refractivity contribution in [1.82, 2.24) is 0 Å². The molecule has 7 nitrogen and oxygen atoms in total. The molecular weight excluding hydrogens is 414 g/mol. The van der Waals surface area contributed by atoms with E-state index in [4.69, 9.17) is 14.7 Å². The predicted molar refractivity (Wildman–Crippen MR) is 119 cm³/mol. The minimum absolute atomic E-state index is 0.127. The Hall–Kier alpha value is 0.130. The lowest BCUT2D eigenvalue weighted by Gasteiger charge is -2.09. The fourth-order valence-electron chi connectivity index (χ4n) is 3.24. The van der Waals surface area contributed by atoms with Crippen molar-refractivity contribution in [3.05, 3.63) is 0 Å². The predicted octanol–water partition coefficient (Wildman–Crippen LogP) is 6.70. The van der Waals surface area contributed by atoms with Crippen LogP contribution in [-0.2, 0) is 9.09 Å².